The molecule has 4 nitrogen and oxygen atoms in total. The second-order valence-electron chi connectivity index (χ2n) is 5.26. The van der Waals surface area contributed by atoms with Crippen LogP contribution >= 0.6 is 24.0 Å². The molecule has 0 aromatic heterocycles. The second kappa shape index (κ2) is 10.9. The van der Waals surface area contributed by atoms with Crippen LogP contribution in [-0.4, -0.2) is 25.7 Å². The number of halogens is 3. The summed E-state index contributed by atoms with van der Waals surface area (Å²) in [4.78, 5) is 4.07. The van der Waals surface area contributed by atoms with Gasteiger partial charge in [0.25, 0.3) is 0 Å². The van der Waals surface area contributed by atoms with Crippen LogP contribution in [-0.2, 0) is 6.54 Å². The van der Waals surface area contributed by atoms with Gasteiger partial charge in [-0.3, -0.25) is 4.99 Å². The van der Waals surface area contributed by atoms with Gasteiger partial charge in [0.1, 0.15) is 11.9 Å². The van der Waals surface area contributed by atoms with E-state index in [1.165, 1.54) is 12.1 Å². The van der Waals surface area contributed by atoms with Crippen LogP contribution in [0.25, 0.3) is 0 Å². The first-order chi connectivity index (χ1) is 11.6. The number of nitrogens with one attached hydrogen (secondary N) is 2. The van der Waals surface area contributed by atoms with Crippen molar-refractivity contribution >= 4 is 29.9 Å². The fourth-order valence-electron chi connectivity index (χ4n) is 2.08. The highest BCUT2D eigenvalue weighted by atomic mass is 127. The van der Waals surface area contributed by atoms with Crippen LogP contribution in [0, 0.1) is 11.6 Å². The van der Waals surface area contributed by atoms with E-state index in [4.69, 9.17) is 4.74 Å². The van der Waals surface area contributed by atoms with Gasteiger partial charge in [-0.05, 0) is 25.1 Å². The summed E-state index contributed by atoms with van der Waals surface area (Å²) < 4.78 is 32.7. The highest BCUT2D eigenvalue weighted by Crippen LogP contribution is 2.16. The minimum Gasteiger partial charge on any atom is -0.486 e. The van der Waals surface area contributed by atoms with Crippen LogP contribution in [0.2, 0.25) is 0 Å². The molecule has 136 valence electrons. The zero-order valence-corrected chi connectivity index (χ0v) is 16.5. The average molecular weight is 461 g/mol. The third kappa shape index (κ3) is 6.85. The number of nitrogens with zero attached hydrogens (tertiary/aromatic N) is 1. The van der Waals surface area contributed by atoms with E-state index in [1.807, 2.05) is 6.92 Å². The van der Waals surface area contributed by atoms with Crippen molar-refractivity contribution in [3.05, 3.63) is 65.7 Å². The van der Waals surface area contributed by atoms with Crippen LogP contribution in [0.15, 0.2) is 53.5 Å². The molecule has 0 spiro atoms. The molecular formula is C18H22F2IN3O. The van der Waals surface area contributed by atoms with Gasteiger partial charge >= 0.3 is 0 Å². The second-order valence-corrected chi connectivity index (χ2v) is 5.26. The Bertz CT molecular complexity index is 698. The lowest BCUT2D eigenvalue weighted by molar-refractivity contribution is 0.214. The molecule has 1 unspecified atom stereocenters. The van der Waals surface area contributed by atoms with Crippen LogP contribution < -0.4 is 15.4 Å². The lowest BCUT2D eigenvalue weighted by Gasteiger charge is -2.18. The summed E-state index contributed by atoms with van der Waals surface area (Å²) >= 11 is 0. The first kappa shape index (κ1) is 21.1. The molecule has 0 saturated carbocycles. The Balaban J connectivity index is 0.00000312. The smallest absolute Gasteiger partial charge is 0.191 e. The number of ether oxygens (including phenoxy) is 1. The molecule has 0 aliphatic rings. The topological polar surface area (TPSA) is 45.7 Å². The number of hydrogen-bond acceptors (Lipinski definition) is 2. The van der Waals surface area contributed by atoms with E-state index >= 15 is 0 Å². The molecule has 0 aliphatic heterocycles. The lowest BCUT2D eigenvalue weighted by Crippen LogP contribution is -2.41. The SMILES string of the molecule is CN=C(NCc1ccccc1F)NCC(C)Oc1ccccc1F.I. The Hall–Kier alpha value is -1.90. The van der Waals surface area contributed by atoms with Crippen molar-refractivity contribution in [1.82, 2.24) is 10.6 Å². The van der Waals surface area contributed by atoms with Crippen molar-refractivity contribution in [1.29, 1.82) is 0 Å². The van der Waals surface area contributed by atoms with E-state index in [0.717, 1.165) is 0 Å². The zero-order valence-electron chi connectivity index (χ0n) is 14.1. The van der Waals surface area contributed by atoms with Gasteiger partial charge in [0.15, 0.2) is 17.5 Å². The van der Waals surface area contributed by atoms with Gasteiger partial charge in [0.05, 0.1) is 6.54 Å². The van der Waals surface area contributed by atoms with Gasteiger partial charge in [-0.25, -0.2) is 8.78 Å². The Morgan fingerprint density at radius 2 is 1.68 bits per heavy atom. The highest BCUT2D eigenvalue weighted by molar-refractivity contribution is 14.0. The Morgan fingerprint density at radius 3 is 2.32 bits per heavy atom. The van der Waals surface area contributed by atoms with Crippen molar-refractivity contribution < 1.29 is 13.5 Å². The molecule has 2 N–H and O–H groups in total. The fourth-order valence-corrected chi connectivity index (χ4v) is 2.08. The van der Waals surface area contributed by atoms with Crippen molar-refractivity contribution in [2.75, 3.05) is 13.6 Å². The molecule has 0 fully saturated rings. The Labute approximate surface area is 163 Å². The van der Waals surface area contributed by atoms with Gasteiger partial charge < -0.3 is 15.4 Å². The maximum Gasteiger partial charge on any atom is 0.191 e. The molecule has 2 aromatic carbocycles. The molecule has 0 aliphatic carbocycles. The number of para-hydroxylation sites is 1. The normalized spacial score (nSPS) is 12.1. The first-order valence-corrected chi connectivity index (χ1v) is 7.69. The van der Waals surface area contributed by atoms with Crippen molar-refractivity contribution in [2.45, 2.75) is 19.6 Å². The van der Waals surface area contributed by atoms with Gasteiger partial charge in [0, 0.05) is 19.2 Å². The molecule has 25 heavy (non-hydrogen) atoms. The van der Waals surface area contributed by atoms with Gasteiger partial charge in [-0.15, -0.1) is 24.0 Å². The average Bonchev–Trinajstić information content (AvgIpc) is 2.58. The summed E-state index contributed by atoms with van der Waals surface area (Å²) in [6, 6.07) is 12.8. The van der Waals surface area contributed by atoms with Crippen molar-refractivity contribution in [2.24, 2.45) is 4.99 Å². The van der Waals surface area contributed by atoms with E-state index in [2.05, 4.69) is 15.6 Å². The highest BCUT2D eigenvalue weighted by Gasteiger charge is 2.09. The fraction of sp³-hybridized carbons (Fsp3) is 0.278. The van der Waals surface area contributed by atoms with Crippen LogP contribution in [0.5, 0.6) is 5.75 Å². The molecule has 7 heteroatoms. The maximum atomic E-state index is 13.6. The maximum absolute atomic E-state index is 13.6. The molecule has 0 amide bonds. The van der Waals surface area contributed by atoms with Crippen LogP contribution in [0.1, 0.15) is 12.5 Å². The number of aliphatic imine (C=N–C) groups is 1. The Kier molecular flexibility index (Phi) is 9.18. The molecule has 0 saturated heterocycles. The molecular weight excluding hydrogens is 439 g/mol. The zero-order chi connectivity index (χ0) is 17.4. The third-order valence-corrected chi connectivity index (χ3v) is 3.35. The van der Waals surface area contributed by atoms with E-state index in [1.54, 1.807) is 43.4 Å². The monoisotopic (exact) mass is 461 g/mol. The predicted molar refractivity (Wildman–Crippen MR) is 107 cm³/mol. The minimum absolute atomic E-state index is 0. The summed E-state index contributed by atoms with van der Waals surface area (Å²) in [5, 5.41) is 6.09. The van der Waals surface area contributed by atoms with E-state index in [9.17, 15) is 8.78 Å². The summed E-state index contributed by atoms with van der Waals surface area (Å²) in [6.07, 6.45) is -0.270. The largest absolute Gasteiger partial charge is 0.486 e. The van der Waals surface area contributed by atoms with E-state index < -0.39 is 5.82 Å². The van der Waals surface area contributed by atoms with E-state index in [0.29, 0.717) is 24.6 Å². The summed E-state index contributed by atoms with van der Waals surface area (Å²) in [6.45, 7) is 2.56. The predicted octanol–water partition coefficient (Wildman–Crippen LogP) is 3.72. The number of rotatable bonds is 6. The van der Waals surface area contributed by atoms with Crippen LogP contribution in [0.4, 0.5) is 8.78 Å². The molecule has 0 bridgehead atoms. The quantitative estimate of drug-likeness (QED) is 0.392. The molecule has 0 radical (unpaired) electrons. The van der Waals surface area contributed by atoms with Crippen LogP contribution in [0.3, 0.4) is 0 Å². The number of hydrogen-bond donors (Lipinski definition) is 2. The summed E-state index contributed by atoms with van der Waals surface area (Å²) in [7, 11) is 1.62. The number of guanidine groups is 1. The summed E-state index contributed by atoms with van der Waals surface area (Å²) in [5.74, 6) is 0.0615. The molecule has 2 aromatic rings. The molecule has 1 atom stereocenters. The lowest BCUT2D eigenvalue weighted by atomic mass is 10.2. The van der Waals surface area contributed by atoms with Crippen molar-refractivity contribution in [3.63, 3.8) is 0 Å². The Morgan fingerprint density at radius 1 is 1.04 bits per heavy atom. The summed E-state index contributed by atoms with van der Waals surface area (Å²) in [5.41, 5.74) is 0.552. The number of benzene rings is 2. The minimum atomic E-state index is -0.397. The third-order valence-electron chi connectivity index (χ3n) is 3.35. The van der Waals surface area contributed by atoms with Gasteiger partial charge in [0.2, 0.25) is 0 Å². The molecule has 2 rings (SSSR count). The van der Waals surface area contributed by atoms with Gasteiger partial charge in [-0.1, -0.05) is 30.3 Å². The van der Waals surface area contributed by atoms with Gasteiger partial charge in [-0.2, -0.15) is 0 Å². The van der Waals surface area contributed by atoms with E-state index in [-0.39, 0.29) is 41.6 Å². The molecule has 0 heterocycles. The first-order valence-electron chi connectivity index (χ1n) is 7.69. The standard InChI is InChI=1S/C18H21F2N3O.HI/c1-13(24-17-10-6-5-9-16(17)20)11-22-18(21-2)23-12-14-7-3-4-8-15(14)19;/h3-10,13H,11-12H2,1-2H3,(H2,21,22,23);1H. The van der Waals surface area contributed by atoms with Crippen molar-refractivity contribution in [3.8, 4) is 5.75 Å².